The number of methoxy groups -OCH3 is 1. The van der Waals surface area contributed by atoms with Crippen LogP contribution in [0.1, 0.15) is 19.8 Å². The third-order valence-electron chi connectivity index (χ3n) is 4.03. The van der Waals surface area contributed by atoms with Crippen molar-refractivity contribution >= 4 is 18.4 Å². The van der Waals surface area contributed by atoms with Gasteiger partial charge in [0.05, 0.1) is 7.11 Å². The van der Waals surface area contributed by atoms with Crippen molar-refractivity contribution < 1.29 is 9.53 Å². The van der Waals surface area contributed by atoms with Crippen molar-refractivity contribution in [2.45, 2.75) is 31.8 Å². The molecule has 0 amide bonds. The van der Waals surface area contributed by atoms with Crippen LogP contribution in [-0.2, 0) is 9.53 Å². The summed E-state index contributed by atoms with van der Waals surface area (Å²) < 4.78 is 4.76. The second kappa shape index (κ2) is 5.34. The Kier molecular flexibility index (Phi) is 4.59. The van der Waals surface area contributed by atoms with Crippen LogP contribution in [0.5, 0.6) is 0 Å². The van der Waals surface area contributed by atoms with E-state index in [1.54, 1.807) is 0 Å². The van der Waals surface area contributed by atoms with Crippen LogP contribution in [-0.4, -0.2) is 43.2 Å². The largest absolute Gasteiger partial charge is 0.468 e. The van der Waals surface area contributed by atoms with Crippen LogP contribution >= 0.6 is 12.4 Å². The fourth-order valence-electron chi connectivity index (χ4n) is 2.98. The predicted octanol–water partition coefficient (Wildman–Crippen LogP) is 0.639. The van der Waals surface area contributed by atoms with E-state index < -0.39 is 0 Å². The number of nitrogens with zero attached hydrogens (tertiary/aromatic N) is 1. The molecule has 94 valence electrons. The minimum Gasteiger partial charge on any atom is -0.468 e. The van der Waals surface area contributed by atoms with E-state index in [9.17, 15) is 4.79 Å². The number of nitrogens with two attached hydrogens (primary N) is 1. The molecular formula is C11H21ClN2O2. The standard InChI is InChI=1S/C11H20N2O2.ClH/c1-7(11(14)15-2)13-5-8-3-4-10(12)9(8)6-13;/h7-10H,3-6,12H2,1-2H3;1H. The summed E-state index contributed by atoms with van der Waals surface area (Å²) in [5.74, 6) is 1.16. The number of rotatable bonds is 2. The van der Waals surface area contributed by atoms with Crippen LogP contribution in [0.2, 0.25) is 0 Å². The van der Waals surface area contributed by atoms with Gasteiger partial charge in [-0.1, -0.05) is 0 Å². The fourth-order valence-corrected chi connectivity index (χ4v) is 2.98. The molecule has 1 saturated carbocycles. The summed E-state index contributed by atoms with van der Waals surface area (Å²) >= 11 is 0. The molecule has 2 N–H and O–H groups in total. The maximum atomic E-state index is 11.4. The van der Waals surface area contributed by atoms with Gasteiger partial charge in [-0.15, -0.1) is 12.4 Å². The van der Waals surface area contributed by atoms with Gasteiger partial charge in [0, 0.05) is 19.1 Å². The number of likely N-dealkylation sites (tertiary alicyclic amines) is 1. The maximum Gasteiger partial charge on any atom is 0.322 e. The maximum absolute atomic E-state index is 11.4. The van der Waals surface area contributed by atoms with Crippen LogP contribution in [0, 0.1) is 11.8 Å². The highest BCUT2D eigenvalue weighted by Crippen LogP contribution is 2.37. The van der Waals surface area contributed by atoms with Gasteiger partial charge >= 0.3 is 5.97 Å². The summed E-state index contributed by atoms with van der Waals surface area (Å²) in [4.78, 5) is 13.6. The fraction of sp³-hybridized carbons (Fsp3) is 0.909. The van der Waals surface area contributed by atoms with Crippen molar-refractivity contribution in [2.75, 3.05) is 20.2 Å². The van der Waals surface area contributed by atoms with E-state index >= 15 is 0 Å². The molecule has 1 heterocycles. The van der Waals surface area contributed by atoms with Crippen LogP contribution in [0.15, 0.2) is 0 Å². The second-order valence-electron chi connectivity index (χ2n) is 4.82. The van der Waals surface area contributed by atoms with Gasteiger partial charge in [-0.25, -0.2) is 0 Å². The van der Waals surface area contributed by atoms with Crippen LogP contribution in [0.25, 0.3) is 0 Å². The van der Waals surface area contributed by atoms with Crippen molar-refractivity contribution in [2.24, 2.45) is 17.6 Å². The first-order chi connectivity index (χ1) is 7.13. The van der Waals surface area contributed by atoms with Gasteiger partial charge in [0.1, 0.15) is 6.04 Å². The molecule has 5 heteroatoms. The van der Waals surface area contributed by atoms with Gasteiger partial charge in [-0.05, 0) is 31.6 Å². The predicted molar refractivity (Wildman–Crippen MR) is 64.5 cm³/mol. The Morgan fingerprint density at radius 3 is 2.69 bits per heavy atom. The summed E-state index contributed by atoms with van der Waals surface area (Å²) in [6.07, 6.45) is 2.37. The monoisotopic (exact) mass is 248 g/mol. The lowest BCUT2D eigenvalue weighted by Crippen LogP contribution is -2.40. The van der Waals surface area contributed by atoms with Crippen molar-refractivity contribution in [1.82, 2.24) is 4.90 Å². The molecule has 0 aromatic carbocycles. The number of hydrogen-bond donors (Lipinski definition) is 1. The van der Waals surface area contributed by atoms with E-state index in [2.05, 4.69) is 4.90 Å². The first kappa shape index (κ1) is 13.7. The van der Waals surface area contributed by atoms with Crippen molar-refractivity contribution in [3.63, 3.8) is 0 Å². The highest BCUT2D eigenvalue weighted by molar-refractivity contribution is 5.85. The lowest BCUT2D eigenvalue weighted by atomic mass is 9.98. The second-order valence-corrected chi connectivity index (χ2v) is 4.82. The quantitative estimate of drug-likeness (QED) is 0.729. The number of carbonyl (C=O) groups is 1. The zero-order valence-corrected chi connectivity index (χ0v) is 10.7. The average molecular weight is 249 g/mol. The highest BCUT2D eigenvalue weighted by Gasteiger charge is 2.43. The Bertz CT molecular complexity index is 262. The molecule has 1 aliphatic carbocycles. The highest BCUT2D eigenvalue weighted by atomic mass is 35.5. The van der Waals surface area contributed by atoms with Crippen molar-refractivity contribution in [3.8, 4) is 0 Å². The number of halogens is 1. The Morgan fingerprint density at radius 2 is 2.12 bits per heavy atom. The van der Waals surface area contributed by atoms with Gasteiger partial charge in [0.15, 0.2) is 0 Å². The zero-order chi connectivity index (χ0) is 11.0. The Hall–Kier alpha value is -0.320. The number of esters is 1. The molecule has 0 aromatic heterocycles. The van der Waals surface area contributed by atoms with Crippen molar-refractivity contribution in [1.29, 1.82) is 0 Å². The molecule has 4 nitrogen and oxygen atoms in total. The smallest absolute Gasteiger partial charge is 0.322 e. The average Bonchev–Trinajstić information content (AvgIpc) is 2.79. The van der Waals surface area contributed by atoms with E-state index in [4.69, 9.17) is 10.5 Å². The molecule has 2 rings (SSSR count). The molecule has 4 atom stereocenters. The molecular weight excluding hydrogens is 228 g/mol. The lowest BCUT2D eigenvalue weighted by Gasteiger charge is -2.23. The topological polar surface area (TPSA) is 55.6 Å². The molecule has 1 aliphatic heterocycles. The Labute approximate surface area is 103 Å². The third-order valence-corrected chi connectivity index (χ3v) is 4.03. The number of fused-ring (bicyclic) bond motifs is 1. The summed E-state index contributed by atoms with van der Waals surface area (Å²) in [7, 11) is 1.45. The zero-order valence-electron chi connectivity index (χ0n) is 9.89. The molecule has 1 saturated heterocycles. The van der Waals surface area contributed by atoms with E-state index in [1.807, 2.05) is 6.92 Å². The van der Waals surface area contributed by atoms with Gasteiger partial charge in [0.25, 0.3) is 0 Å². The van der Waals surface area contributed by atoms with Gasteiger partial charge in [0.2, 0.25) is 0 Å². The molecule has 0 spiro atoms. The van der Waals surface area contributed by atoms with Gasteiger partial charge in [-0.2, -0.15) is 0 Å². The SMILES string of the molecule is COC(=O)C(C)N1CC2CCC(N)C2C1.Cl. The van der Waals surface area contributed by atoms with Gasteiger partial charge < -0.3 is 10.5 Å². The summed E-state index contributed by atoms with van der Waals surface area (Å²) in [5.41, 5.74) is 6.05. The first-order valence-electron chi connectivity index (χ1n) is 5.71. The molecule has 0 aromatic rings. The van der Waals surface area contributed by atoms with Crippen LogP contribution < -0.4 is 5.73 Å². The molecule has 2 fully saturated rings. The number of hydrogen-bond acceptors (Lipinski definition) is 4. The third kappa shape index (κ3) is 2.34. The Balaban J connectivity index is 0.00000128. The molecule has 4 unspecified atom stereocenters. The van der Waals surface area contributed by atoms with Gasteiger partial charge in [-0.3, -0.25) is 9.69 Å². The van der Waals surface area contributed by atoms with Crippen molar-refractivity contribution in [3.05, 3.63) is 0 Å². The summed E-state index contributed by atoms with van der Waals surface area (Å²) in [5, 5.41) is 0. The Morgan fingerprint density at radius 1 is 1.44 bits per heavy atom. The van der Waals surface area contributed by atoms with Crippen LogP contribution in [0.4, 0.5) is 0 Å². The lowest BCUT2D eigenvalue weighted by molar-refractivity contribution is -0.146. The molecule has 16 heavy (non-hydrogen) atoms. The molecule has 0 bridgehead atoms. The van der Waals surface area contributed by atoms with E-state index in [1.165, 1.54) is 13.5 Å². The first-order valence-corrected chi connectivity index (χ1v) is 5.71. The minimum atomic E-state index is -0.136. The van der Waals surface area contributed by atoms with E-state index in [0.717, 1.165) is 19.5 Å². The van der Waals surface area contributed by atoms with E-state index in [0.29, 0.717) is 17.9 Å². The normalized spacial score (nSPS) is 35.3. The molecule has 2 aliphatic rings. The van der Waals surface area contributed by atoms with E-state index in [-0.39, 0.29) is 24.4 Å². The minimum absolute atomic E-state index is 0. The summed E-state index contributed by atoms with van der Waals surface area (Å²) in [6, 6.07) is 0.220. The molecule has 0 radical (unpaired) electrons. The number of carbonyl (C=O) groups excluding carboxylic acids is 1. The summed E-state index contributed by atoms with van der Waals surface area (Å²) in [6.45, 7) is 3.88. The van der Waals surface area contributed by atoms with Crippen LogP contribution in [0.3, 0.4) is 0 Å². The number of ether oxygens (including phenoxy) is 1.